The van der Waals surface area contributed by atoms with Crippen LogP contribution in [0.1, 0.15) is 45.1 Å². The van der Waals surface area contributed by atoms with Gasteiger partial charge in [-0.25, -0.2) is 0 Å². The summed E-state index contributed by atoms with van der Waals surface area (Å²) >= 11 is 0. The van der Waals surface area contributed by atoms with Crippen molar-refractivity contribution in [1.82, 2.24) is 4.90 Å². The predicted octanol–water partition coefficient (Wildman–Crippen LogP) is 2.37. The molecule has 2 N–H and O–H groups in total. The first-order valence-corrected chi connectivity index (χ1v) is 8.10. The normalized spacial score (nSPS) is 17.4. The Labute approximate surface area is 137 Å². The second kappa shape index (κ2) is 7.13. The summed E-state index contributed by atoms with van der Waals surface area (Å²) in [5, 5.41) is 11.9. The number of aliphatic hydroxyl groups is 1. The fraction of sp³-hybridized carbons (Fsp3) is 0.556. The van der Waals surface area contributed by atoms with Gasteiger partial charge in [0.15, 0.2) is 0 Å². The minimum Gasteiger partial charge on any atom is -0.396 e. The fourth-order valence-electron chi connectivity index (χ4n) is 2.95. The second-order valence-electron chi connectivity index (χ2n) is 7.29. The highest BCUT2D eigenvalue weighted by Crippen LogP contribution is 2.34. The van der Waals surface area contributed by atoms with Gasteiger partial charge in [-0.2, -0.15) is 0 Å². The van der Waals surface area contributed by atoms with Crippen LogP contribution in [0.2, 0.25) is 0 Å². The van der Waals surface area contributed by atoms with Crippen LogP contribution in [0.25, 0.3) is 0 Å². The molecule has 126 valence electrons. The lowest BCUT2D eigenvalue weighted by Gasteiger charge is -2.34. The standard InChI is InChI=1S/C18H26N2O3/c1-18(2,3)12-20(9-6-10-21)17(23)14-11-16(22)19-15-8-5-4-7-13(14)15/h4-5,7-8,14,21H,6,9-12H2,1-3H3,(H,19,22). The first-order chi connectivity index (χ1) is 10.8. The van der Waals surface area contributed by atoms with Crippen molar-refractivity contribution < 1.29 is 14.7 Å². The molecular weight excluding hydrogens is 292 g/mol. The molecule has 0 aliphatic carbocycles. The number of benzene rings is 1. The number of carbonyl (C=O) groups is 2. The lowest BCUT2D eigenvalue weighted by atomic mass is 9.88. The first kappa shape index (κ1) is 17.5. The monoisotopic (exact) mass is 318 g/mol. The van der Waals surface area contributed by atoms with Crippen molar-refractivity contribution in [3.8, 4) is 0 Å². The quantitative estimate of drug-likeness (QED) is 0.875. The van der Waals surface area contributed by atoms with Crippen LogP contribution in [-0.2, 0) is 9.59 Å². The summed E-state index contributed by atoms with van der Waals surface area (Å²) in [6, 6.07) is 7.47. The SMILES string of the molecule is CC(C)(C)CN(CCCO)C(=O)C1CC(=O)Nc2ccccc21. The number of rotatable bonds is 5. The zero-order valence-electron chi connectivity index (χ0n) is 14.1. The van der Waals surface area contributed by atoms with Gasteiger partial charge in [-0.15, -0.1) is 0 Å². The first-order valence-electron chi connectivity index (χ1n) is 8.10. The molecule has 1 heterocycles. The molecule has 1 aliphatic heterocycles. The summed E-state index contributed by atoms with van der Waals surface area (Å²) in [4.78, 5) is 26.8. The largest absolute Gasteiger partial charge is 0.396 e. The van der Waals surface area contributed by atoms with Crippen molar-refractivity contribution in [3.63, 3.8) is 0 Å². The molecule has 5 heteroatoms. The van der Waals surface area contributed by atoms with E-state index in [1.54, 1.807) is 4.90 Å². The molecule has 1 unspecified atom stereocenters. The summed E-state index contributed by atoms with van der Waals surface area (Å²) in [5.41, 5.74) is 1.56. The summed E-state index contributed by atoms with van der Waals surface area (Å²) in [7, 11) is 0. The van der Waals surface area contributed by atoms with Gasteiger partial charge in [-0.3, -0.25) is 9.59 Å². The van der Waals surface area contributed by atoms with Gasteiger partial charge in [-0.1, -0.05) is 39.0 Å². The van der Waals surface area contributed by atoms with E-state index in [0.717, 1.165) is 11.3 Å². The van der Waals surface area contributed by atoms with Crippen molar-refractivity contribution in [2.75, 3.05) is 25.0 Å². The van der Waals surface area contributed by atoms with Gasteiger partial charge in [-0.05, 0) is 23.5 Å². The van der Waals surface area contributed by atoms with Crippen molar-refractivity contribution in [2.45, 2.75) is 39.5 Å². The third kappa shape index (κ3) is 4.55. The van der Waals surface area contributed by atoms with E-state index >= 15 is 0 Å². The second-order valence-corrected chi connectivity index (χ2v) is 7.29. The number of nitrogens with one attached hydrogen (secondary N) is 1. The van der Waals surface area contributed by atoms with Crippen molar-refractivity contribution in [2.24, 2.45) is 5.41 Å². The zero-order chi connectivity index (χ0) is 17.0. The summed E-state index contributed by atoms with van der Waals surface area (Å²) in [6.07, 6.45) is 0.720. The number of para-hydroxylation sites is 1. The van der Waals surface area contributed by atoms with Gasteiger partial charge in [0.2, 0.25) is 11.8 Å². The third-order valence-electron chi connectivity index (χ3n) is 3.86. The van der Waals surface area contributed by atoms with E-state index in [4.69, 9.17) is 5.11 Å². The Morgan fingerprint density at radius 2 is 2.04 bits per heavy atom. The van der Waals surface area contributed by atoms with E-state index in [0.29, 0.717) is 19.5 Å². The van der Waals surface area contributed by atoms with E-state index < -0.39 is 5.92 Å². The Balaban J connectivity index is 2.26. The van der Waals surface area contributed by atoms with Gasteiger partial charge >= 0.3 is 0 Å². The summed E-state index contributed by atoms with van der Waals surface area (Å²) in [5.74, 6) is -0.600. The maximum Gasteiger partial charge on any atom is 0.230 e. The van der Waals surface area contributed by atoms with Gasteiger partial charge < -0.3 is 15.3 Å². The lowest BCUT2D eigenvalue weighted by Crippen LogP contribution is -2.43. The zero-order valence-corrected chi connectivity index (χ0v) is 14.1. The number of nitrogens with zero attached hydrogens (tertiary/aromatic N) is 1. The van der Waals surface area contributed by atoms with Crippen LogP contribution in [0.5, 0.6) is 0 Å². The van der Waals surface area contributed by atoms with Gasteiger partial charge in [0.05, 0.1) is 5.92 Å². The molecule has 5 nitrogen and oxygen atoms in total. The molecule has 23 heavy (non-hydrogen) atoms. The van der Waals surface area contributed by atoms with E-state index in [-0.39, 0.29) is 30.3 Å². The van der Waals surface area contributed by atoms with Crippen LogP contribution in [0.4, 0.5) is 5.69 Å². The highest BCUT2D eigenvalue weighted by molar-refractivity contribution is 6.01. The Bertz CT molecular complexity index is 578. The Morgan fingerprint density at radius 1 is 1.35 bits per heavy atom. The molecule has 0 saturated carbocycles. The average molecular weight is 318 g/mol. The number of fused-ring (bicyclic) bond motifs is 1. The molecule has 0 spiro atoms. The Morgan fingerprint density at radius 3 is 2.70 bits per heavy atom. The molecule has 0 fully saturated rings. The molecule has 2 amide bonds. The van der Waals surface area contributed by atoms with Crippen molar-refractivity contribution in [1.29, 1.82) is 0 Å². The van der Waals surface area contributed by atoms with E-state index in [9.17, 15) is 9.59 Å². The molecule has 0 saturated heterocycles. The van der Waals surface area contributed by atoms with Gasteiger partial charge in [0.25, 0.3) is 0 Å². The predicted molar refractivity (Wildman–Crippen MR) is 90.2 cm³/mol. The molecule has 1 atom stereocenters. The highest BCUT2D eigenvalue weighted by Gasteiger charge is 2.34. The summed E-state index contributed by atoms with van der Waals surface area (Å²) in [6.45, 7) is 7.39. The third-order valence-corrected chi connectivity index (χ3v) is 3.86. The molecule has 0 aromatic heterocycles. The van der Waals surface area contributed by atoms with Crippen molar-refractivity contribution >= 4 is 17.5 Å². The minimum atomic E-state index is -0.444. The number of hydrogen-bond donors (Lipinski definition) is 2. The molecular formula is C18H26N2O3. The molecule has 0 radical (unpaired) electrons. The molecule has 1 aromatic rings. The van der Waals surface area contributed by atoms with Crippen LogP contribution in [0.3, 0.4) is 0 Å². The average Bonchev–Trinajstić information content (AvgIpc) is 2.48. The van der Waals surface area contributed by atoms with Crippen LogP contribution >= 0.6 is 0 Å². The fourth-order valence-corrected chi connectivity index (χ4v) is 2.95. The summed E-state index contributed by atoms with van der Waals surface area (Å²) < 4.78 is 0. The van der Waals surface area contributed by atoms with Gasteiger partial charge in [0.1, 0.15) is 0 Å². The molecule has 2 rings (SSSR count). The number of aliphatic hydroxyl groups excluding tert-OH is 1. The smallest absolute Gasteiger partial charge is 0.230 e. The Kier molecular flexibility index (Phi) is 5.42. The van der Waals surface area contributed by atoms with Crippen LogP contribution in [-0.4, -0.2) is 41.5 Å². The van der Waals surface area contributed by atoms with Crippen molar-refractivity contribution in [3.05, 3.63) is 29.8 Å². The lowest BCUT2D eigenvalue weighted by molar-refractivity contribution is -0.136. The minimum absolute atomic E-state index is 0.0318. The molecule has 0 bridgehead atoms. The number of carbonyl (C=O) groups excluding carboxylic acids is 2. The van der Waals surface area contributed by atoms with Crippen LogP contribution in [0.15, 0.2) is 24.3 Å². The number of anilines is 1. The van der Waals surface area contributed by atoms with Crippen LogP contribution in [0, 0.1) is 5.41 Å². The van der Waals surface area contributed by atoms with Gasteiger partial charge in [0, 0.05) is 31.8 Å². The van der Waals surface area contributed by atoms with E-state index in [1.807, 2.05) is 24.3 Å². The topological polar surface area (TPSA) is 69.6 Å². The Hall–Kier alpha value is -1.88. The molecule has 1 aromatic carbocycles. The maximum absolute atomic E-state index is 13.1. The maximum atomic E-state index is 13.1. The number of hydrogen-bond acceptors (Lipinski definition) is 3. The highest BCUT2D eigenvalue weighted by atomic mass is 16.3. The van der Waals surface area contributed by atoms with E-state index in [2.05, 4.69) is 26.1 Å². The number of amides is 2. The van der Waals surface area contributed by atoms with E-state index in [1.165, 1.54) is 0 Å². The molecule has 1 aliphatic rings. The van der Waals surface area contributed by atoms with Crippen LogP contribution < -0.4 is 5.32 Å².